The van der Waals surface area contributed by atoms with Crippen LogP contribution in [0, 0.1) is 0 Å². The minimum absolute atomic E-state index is 0.569. The first-order valence-electron chi connectivity index (χ1n) is 8.06. The molecule has 3 aromatic rings. The molecular formula is C18H20N4O. The molecule has 1 unspecified atom stereocenters. The highest BCUT2D eigenvalue weighted by molar-refractivity contribution is 5.52. The normalized spacial score (nSPS) is 21.2. The van der Waals surface area contributed by atoms with Gasteiger partial charge in [-0.15, -0.1) is 0 Å². The number of rotatable bonds is 3. The lowest BCUT2D eigenvalue weighted by atomic mass is 9.93. The van der Waals surface area contributed by atoms with Crippen molar-refractivity contribution in [1.82, 2.24) is 14.6 Å². The van der Waals surface area contributed by atoms with Gasteiger partial charge in [-0.05, 0) is 18.4 Å². The molecule has 0 saturated carbocycles. The third-order valence-electron chi connectivity index (χ3n) is 4.64. The summed E-state index contributed by atoms with van der Waals surface area (Å²) in [5, 5.41) is 15.4. The van der Waals surface area contributed by atoms with Gasteiger partial charge >= 0.3 is 0 Å². The van der Waals surface area contributed by atoms with Crippen molar-refractivity contribution in [3.05, 3.63) is 59.9 Å². The Hall–Kier alpha value is -2.40. The predicted octanol–water partition coefficient (Wildman–Crippen LogP) is 2.39. The van der Waals surface area contributed by atoms with Crippen molar-refractivity contribution in [2.45, 2.75) is 25.4 Å². The molecule has 0 radical (unpaired) electrons. The Bertz CT molecular complexity index is 829. The van der Waals surface area contributed by atoms with Gasteiger partial charge in [0.05, 0.1) is 12.7 Å². The quantitative estimate of drug-likeness (QED) is 0.807. The number of fused-ring (bicyclic) bond motifs is 1. The van der Waals surface area contributed by atoms with Crippen LogP contribution in [-0.4, -0.2) is 32.8 Å². The van der Waals surface area contributed by atoms with Crippen LogP contribution < -0.4 is 4.90 Å². The molecule has 4 rings (SSSR count). The molecule has 0 aliphatic carbocycles. The van der Waals surface area contributed by atoms with Gasteiger partial charge in [-0.25, -0.2) is 4.98 Å². The van der Waals surface area contributed by atoms with Crippen LogP contribution in [-0.2, 0) is 12.0 Å². The summed E-state index contributed by atoms with van der Waals surface area (Å²) in [4.78, 5) is 6.79. The van der Waals surface area contributed by atoms with Crippen molar-refractivity contribution in [2.75, 3.05) is 18.0 Å². The van der Waals surface area contributed by atoms with Gasteiger partial charge in [-0.1, -0.05) is 37.3 Å². The number of anilines is 1. The topological polar surface area (TPSA) is 53.7 Å². The minimum Gasteiger partial charge on any atom is -0.383 e. The summed E-state index contributed by atoms with van der Waals surface area (Å²) in [6.07, 6.45) is 3.36. The van der Waals surface area contributed by atoms with Crippen molar-refractivity contribution in [3.8, 4) is 0 Å². The summed E-state index contributed by atoms with van der Waals surface area (Å²) in [7, 11) is 0. The standard InChI is InChI=1S/C18H20N4O/c1-2-15-12-17(22-16(20-15)8-10-19-22)21-11-9-18(23,13-21)14-6-4-3-5-7-14/h3-8,10,12,23H,2,9,11,13H2,1H3. The maximum atomic E-state index is 11.1. The molecule has 1 aromatic carbocycles. The average molecular weight is 308 g/mol. The van der Waals surface area contributed by atoms with Crippen molar-refractivity contribution >= 4 is 11.5 Å². The number of aromatic nitrogens is 3. The van der Waals surface area contributed by atoms with Crippen LogP contribution in [0.2, 0.25) is 0 Å². The first-order valence-corrected chi connectivity index (χ1v) is 8.06. The zero-order chi connectivity index (χ0) is 15.9. The van der Waals surface area contributed by atoms with E-state index in [0.717, 1.165) is 35.7 Å². The second-order valence-corrected chi connectivity index (χ2v) is 6.13. The molecule has 1 aliphatic rings. The van der Waals surface area contributed by atoms with E-state index >= 15 is 0 Å². The first kappa shape index (κ1) is 14.2. The Morgan fingerprint density at radius 1 is 1.22 bits per heavy atom. The third kappa shape index (κ3) is 2.37. The number of β-amino-alcohol motifs (C(OH)–C–C–N with tert-alkyl or cyclic N) is 1. The second kappa shape index (κ2) is 5.35. The number of hydrogen-bond acceptors (Lipinski definition) is 4. The molecule has 1 N–H and O–H groups in total. The van der Waals surface area contributed by atoms with Gasteiger partial charge in [-0.2, -0.15) is 9.61 Å². The summed E-state index contributed by atoms with van der Waals surface area (Å²) in [5.41, 5.74) is 2.07. The minimum atomic E-state index is -0.809. The zero-order valence-corrected chi connectivity index (χ0v) is 13.2. The first-order chi connectivity index (χ1) is 11.2. The summed E-state index contributed by atoms with van der Waals surface area (Å²) >= 11 is 0. The van der Waals surface area contributed by atoms with E-state index in [4.69, 9.17) is 0 Å². The summed E-state index contributed by atoms with van der Waals surface area (Å²) in [6.45, 7) is 3.47. The Morgan fingerprint density at radius 3 is 2.83 bits per heavy atom. The Kier molecular flexibility index (Phi) is 3.31. The van der Waals surface area contributed by atoms with Crippen LogP contribution in [0.5, 0.6) is 0 Å². The lowest BCUT2D eigenvalue weighted by Gasteiger charge is -2.25. The molecule has 0 bridgehead atoms. The van der Waals surface area contributed by atoms with E-state index in [9.17, 15) is 5.11 Å². The predicted molar refractivity (Wildman–Crippen MR) is 89.5 cm³/mol. The highest BCUT2D eigenvalue weighted by Gasteiger charge is 2.38. The van der Waals surface area contributed by atoms with E-state index < -0.39 is 5.60 Å². The molecule has 2 aromatic heterocycles. The van der Waals surface area contributed by atoms with Gasteiger partial charge < -0.3 is 10.0 Å². The molecule has 0 amide bonds. The fraction of sp³-hybridized carbons (Fsp3) is 0.333. The maximum absolute atomic E-state index is 11.1. The van der Waals surface area contributed by atoms with Crippen molar-refractivity contribution in [2.24, 2.45) is 0 Å². The van der Waals surface area contributed by atoms with Crippen LogP contribution in [0.15, 0.2) is 48.7 Å². The molecule has 3 heterocycles. The zero-order valence-electron chi connectivity index (χ0n) is 13.2. The molecule has 1 fully saturated rings. The van der Waals surface area contributed by atoms with Crippen molar-refractivity contribution in [1.29, 1.82) is 0 Å². The number of aryl methyl sites for hydroxylation is 1. The van der Waals surface area contributed by atoms with E-state index in [1.165, 1.54) is 0 Å². The summed E-state index contributed by atoms with van der Waals surface area (Å²) in [6, 6.07) is 13.9. The van der Waals surface area contributed by atoms with Crippen LogP contribution >= 0.6 is 0 Å². The monoisotopic (exact) mass is 308 g/mol. The molecular weight excluding hydrogens is 288 g/mol. The van der Waals surface area contributed by atoms with Gasteiger partial charge in [-0.3, -0.25) is 0 Å². The molecule has 5 nitrogen and oxygen atoms in total. The lowest BCUT2D eigenvalue weighted by Crippen LogP contribution is -2.31. The number of benzene rings is 1. The van der Waals surface area contributed by atoms with E-state index in [2.05, 4.69) is 28.0 Å². The molecule has 0 spiro atoms. The number of nitrogens with zero attached hydrogens (tertiary/aromatic N) is 4. The molecule has 1 atom stereocenters. The largest absolute Gasteiger partial charge is 0.383 e. The van der Waals surface area contributed by atoms with Gasteiger partial charge in [0.1, 0.15) is 11.4 Å². The highest BCUT2D eigenvalue weighted by atomic mass is 16.3. The lowest BCUT2D eigenvalue weighted by molar-refractivity contribution is 0.0606. The van der Waals surface area contributed by atoms with Crippen molar-refractivity contribution < 1.29 is 5.11 Å². The van der Waals surface area contributed by atoms with E-state index in [1.807, 2.05) is 40.9 Å². The van der Waals surface area contributed by atoms with Crippen LogP contribution in [0.1, 0.15) is 24.6 Å². The Morgan fingerprint density at radius 2 is 2.04 bits per heavy atom. The van der Waals surface area contributed by atoms with Gasteiger partial charge in [0.15, 0.2) is 5.65 Å². The van der Waals surface area contributed by atoms with Crippen LogP contribution in [0.3, 0.4) is 0 Å². The molecule has 1 saturated heterocycles. The Balaban J connectivity index is 1.72. The number of hydrogen-bond donors (Lipinski definition) is 1. The highest BCUT2D eigenvalue weighted by Crippen LogP contribution is 2.34. The fourth-order valence-electron chi connectivity index (χ4n) is 3.33. The van der Waals surface area contributed by atoms with E-state index in [0.29, 0.717) is 13.0 Å². The van der Waals surface area contributed by atoms with Gasteiger partial charge in [0.25, 0.3) is 0 Å². The molecule has 1 aliphatic heterocycles. The fourth-order valence-corrected chi connectivity index (χ4v) is 3.33. The van der Waals surface area contributed by atoms with Crippen LogP contribution in [0.25, 0.3) is 5.65 Å². The Labute approximate surface area is 135 Å². The van der Waals surface area contributed by atoms with Crippen LogP contribution in [0.4, 0.5) is 5.82 Å². The smallest absolute Gasteiger partial charge is 0.157 e. The van der Waals surface area contributed by atoms with Gasteiger partial charge in [0, 0.05) is 24.4 Å². The second-order valence-electron chi connectivity index (χ2n) is 6.13. The third-order valence-corrected chi connectivity index (χ3v) is 4.64. The van der Waals surface area contributed by atoms with E-state index in [-0.39, 0.29) is 0 Å². The number of aliphatic hydroxyl groups is 1. The molecule has 23 heavy (non-hydrogen) atoms. The van der Waals surface area contributed by atoms with Crippen molar-refractivity contribution in [3.63, 3.8) is 0 Å². The summed E-state index contributed by atoms with van der Waals surface area (Å²) < 4.78 is 1.86. The molecule has 5 heteroatoms. The van der Waals surface area contributed by atoms with E-state index in [1.54, 1.807) is 6.20 Å². The summed E-state index contributed by atoms with van der Waals surface area (Å²) in [5.74, 6) is 1.00. The molecule has 118 valence electrons. The van der Waals surface area contributed by atoms with Gasteiger partial charge in [0.2, 0.25) is 0 Å². The average Bonchev–Trinajstić information content (AvgIpc) is 3.22. The maximum Gasteiger partial charge on any atom is 0.157 e. The SMILES string of the molecule is CCc1cc(N2CCC(O)(c3ccccc3)C2)n2nccc2n1.